The van der Waals surface area contributed by atoms with Gasteiger partial charge < -0.3 is 5.32 Å². The molecule has 2 aromatic carbocycles. The van der Waals surface area contributed by atoms with Crippen LogP contribution in [0.25, 0.3) is 0 Å². The van der Waals surface area contributed by atoms with Crippen LogP contribution in [0.4, 0.5) is 10.1 Å². The molecule has 0 aliphatic carbocycles. The predicted octanol–water partition coefficient (Wildman–Crippen LogP) is 2.79. The highest BCUT2D eigenvalue weighted by molar-refractivity contribution is 7.89. The summed E-state index contributed by atoms with van der Waals surface area (Å²) in [6, 6.07) is 11.5. The van der Waals surface area contributed by atoms with E-state index in [1.165, 1.54) is 36.4 Å². The number of amides is 1. The number of carbonyl (C=O) groups excluding carboxylic acids is 1. The van der Waals surface area contributed by atoms with Gasteiger partial charge in [-0.2, -0.15) is 0 Å². The van der Waals surface area contributed by atoms with Crippen LogP contribution in [0.15, 0.2) is 53.4 Å². The first kappa shape index (κ1) is 17.4. The van der Waals surface area contributed by atoms with Crippen LogP contribution in [-0.2, 0) is 14.8 Å². The monoisotopic (exact) mass is 356 g/mol. The maximum atomic E-state index is 13.4. The Morgan fingerprint density at radius 2 is 1.87 bits per heavy atom. The van der Waals surface area contributed by atoms with Crippen molar-refractivity contribution in [1.82, 2.24) is 4.72 Å². The minimum atomic E-state index is -3.75. The minimum Gasteiger partial charge on any atom is -0.324 e. The standard InChI is InChI=1S/C15H14ClFN2O3S/c16-11-4-3-5-12(10-11)23(21,22)18-9-8-15(20)19-14-7-2-1-6-13(14)17/h1-7,10,18H,8-9H2,(H,19,20). The third-order valence-electron chi connectivity index (χ3n) is 2.90. The second-order valence-corrected chi connectivity index (χ2v) is 6.84. The number of hydrogen-bond donors (Lipinski definition) is 2. The molecule has 0 heterocycles. The summed E-state index contributed by atoms with van der Waals surface area (Å²) in [7, 11) is -3.75. The van der Waals surface area contributed by atoms with E-state index in [9.17, 15) is 17.6 Å². The van der Waals surface area contributed by atoms with Crippen molar-refractivity contribution in [3.8, 4) is 0 Å². The number of hydrogen-bond acceptors (Lipinski definition) is 3. The average Bonchev–Trinajstić information content (AvgIpc) is 2.49. The van der Waals surface area contributed by atoms with Crippen LogP contribution in [-0.4, -0.2) is 20.9 Å². The van der Waals surface area contributed by atoms with Crippen molar-refractivity contribution in [1.29, 1.82) is 0 Å². The second kappa shape index (κ2) is 7.54. The van der Waals surface area contributed by atoms with Crippen molar-refractivity contribution in [2.45, 2.75) is 11.3 Å². The number of benzene rings is 2. The van der Waals surface area contributed by atoms with E-state index in [0.29, 0.717) is 5.02 Å². The number of rotatable bonds is 6. The highest BCUT2D eigenvalue weighted by Gasteiger charge is 2.14. The molecule has 0 saturated carbocycles. The lowest BCUT2D eigenvalue weighted by molar-refractivity contribution is -0.116. The van der Waals surface area contributed by atoms with Crippen molar-refractivity contribution >= 4 is 33.2 Å². The maximum absolute atomic E-state index is 13.4. The second-order valence-electron chi connectivity index (χ2n) is 4.63. The van der Waals surface area contributed by atoms with E-state index in [2.05, 4.69) is 10.0 Å². The van der Waals surface area contributed by atoms with E-state index in [1.807, 2.05) is 0 Å². The number of carbonyl (C=O) groups is 1. The van der Waals surface area contributed by atoms with Crippen LogP contribution < -0.4 is 10.0 Å². The smallest absolute Gasteiger partial charge is 0.240 e. The van der Waals surface area contributed by atoms with Crippen molar-refractivity contribution in [2.75, 3.05) is 11.9 Å². The number of sulfonamides is 1. The molecule has 0 fully saturated rings. The van der Waals surface area contributed by atoms with Gasteiger partial charge in [0, 0.05) is 18.0 Å². The van der Waals surface area contributed by atoms with Gasteiger partial charge in [0.2, 0.25) is 15.9 Å². The van der Waals surface area contributed by atoms with E-state index in [1.54, 1.807) is 12.1 Å². The Morgan fingerprint density at radius 1 is 1.13 bits per heavy atom. The van der Waals surface area contributed by atoms with Crippen LogP contribution in [0, 0.1) is 5.82 Å². The maximum Gasteiger partial charge on any atom is 0.240 e. The Morgan fingerprint density at radius 3 is 2.57 bits per heavy atom. The Hall–Kier alpha value is -1.96. The van der Waals surface area contributed by atoms with Gasteiger partial charge >= 0.3 is 0 Å². The van der Waals surface area contributed by atoms with Crippen molar-refractivity contribution in [3.63, 3.8) is 0 Å². The van der Waals surface area contributed by atoms with E-state index in [4.69, 9.17) is 11.6 Å². The molecule has 8 heteroatoms. The molecule has 0 aliphatic rings. The zero-order valence-corrected chi connectivity index (χ0v) is 13.5. The van der Waals surface area contributed by atoms with Gasteiger partial charge in [-0.15, -0.1) is 0 Å². The third-order valence-corrected chi connectivity index (χ3v) is 4.59. The van der Waals surface area contributed by atoms with Gasteiger partial charge in [0.05, 0.1) is 10.6 Å². The first-order valence-electron chi connectivity index (χ1n) is 6.68. The van der Waals surface area contributed by atoms with Crippen molar-refractivity contribution < 1.29 is 17.6 Å². The van der Waals surface area contributed by atoms with Gasteiger partial charge in [-0.3, -0.25) is 4.79 Å². The highest BCUT2D eigenvalue weighted by atomic mass is 35.5. The molecule has 0 atom stereocenters. The fourth-order valence-corrected chi connectivity index (χ4v) is 3.12. The number of anilines is 1. The zero-order valence-electron chi connectivity index (χ0n) is 11.9. The molecule has 122 valence electrons. The fraction of sp³-hybridized carbons (Fsp3) is 0.133. The Balaban J connectivity index is 1.89. The van der Waals surface area contributed by atoms with Gasteiger partial charge in [0.1, 0.15) is 5.82 Å². The predicted molar refractivity (Wildman–Crippen MR) is 86.3 cm³/mol. The molecule has 23 heavy (non-hydrogen) atoms. The lowest BCUT2D eigenvalue weighted by Gasteiger charge is -2.08. The summed E-state index contributed by atoms with van der Waals surface area (Å²) >= 11 is 5.75. The molecule has 0 saturated heterocycles. The molecule has 2 aromatic rings. The number of halogens is 2. The molecule has 0 spiro atoms. The van der Waals surface area contributed by atoms with Crippen LogP contribution in [0.5, 0.6) is 0 Å². The molecule has 0 unspecified atom stereocenters. The minimum absolute atomic E-state index is 0.0134. The molecule has 2 N–H and O–H groups in total. The van der Waals surface area contributed by atoms with Crippen LogP contribution in [0.2, 0.25) is 5.02 Å². The Labute approximate surface area is 138 Å². The summed E-state index contributed by atoms with van der Waals surface area (Å²) in [6.07, 6.45) is -0.131. The SMILES string of the molecule is O=C(CCNS(=O)(=O)c1cccc(Cl)c1)Nc1ccccc1F. The first-order chi connectivity index (χ1) is 10.9. The van der Waals surface area contributed by atoms with Gasteiger partial charge in [0.15, 0.2) is 0 Å². The molecular weight excluding hydrogens is 343 g/mol. The molecule has 0 aromatic heterocycles. The highest BCUT2D eigenvalue weighted by Crippen LogP contribution is 2.15. The zero-order chi connectivity index (χ0) is 16.9. The molecule has 5 nitrogen and oxygen atoms in total. The molecule has 2 rings (SSSR count). The lowest BCUT2D eigenvalue weighted by atomic mass is 10.3. The van der Waals surface area contributed by atoms with E-state index < -0.39 is 21.7 Å². The summed E-state index contributed by atoms with van der Waals surface area (Å²) in [5.41, 5.74) is 0.0511. The van der Waals surface area contributed by atoms with Crippen molar-refractivity contribution in [2.24, 2.45) is 0 Å². The quantitative estimate of drug-likeness (QED) is 0.835. The summed E-state index contributed by atoms with van der Waals surface area (Å²) in [4.78, 5) is 11.7. The molecule has 0 bridgehead atoms. The van der Waals surface area contributed by atoms with Gasteiger partial charge in [0.25, 0.3) is 0 Å². The number of para-hydroxylation sites is 1. The Bertz CT molecular complexity index is 812. The van der Waals surface area contributed by atoms with E-state index in [0.717, 1.165) is 0 Å². The fourth-order valence-electron chi connectivity index (χ4n) is 1.79. The lowest BCUT2D eigenvalue weighted by Crippen LogP contribution is -2.28. The molecular formula is C15H14ClFN2O3S. The van der Waals surface area contributed by atoms with E-state index in [-0.39, 0.29) is 23.5 Å². The van der Waals surface area contributed by atoms with Gasteiger partial charge in [-0.05, 0) is 30.3 Å². The van der Waals surface area contributed by atoms with Crippen molar-refractivity contribution in [3.05, 3.63) is 59.4 Å². The molecule has 0 aliphatic heterocycles. The summed E-state index contributed by atoms with van der Waals surface area (Å²) in [5.74, 6) is -1.05. The van der Waals surface area contributed by atoms with Crippen LogP contribution in [0.3, 0.4) is 0 Å². The molecule has 1 amide bonds. The largest absolute Gasteiger partial charge is 0.324 e. The van der Waals surface area contributed by atoms with Gasteiger partial charge in [-0.25, -0.2) is 17.5 Å². The normalized spacial score (nSPS) is 11.2. The molecule has 0 radical (unpaired) electrons. The van der Waals surface area contributed by atoms with Crippen LogP contribution in [0.1, 0.15) is 6.42 Å². The third kappa shape index (κ3) is 5.02. The Kier molecular flexibility index (Phi) is 5.70. The van der Waals surface area contributed by atoms with E-state index >= 15 is 0 Å². The van der Waals surface area contributed by atoms with Gasteiger partial charge in [-0.1, -0.05) is 29.8 Å². The average molecular weight is 357 g/mol. The number of nitrogens with one attached hydrogen (secondary N) is 2. The van der Waals surface area contributed by atoms with Crippen LogP contribution >= 0.6 is 11.6 Å². The first-order valence-corrected chi connectivity index (χ1v) is 8.54. The summed E-state index contributed by atoms with van der Waals surface area (Å²) in [5, 5.41) is 2.67. The summed E-state index contributed by atoms with van der Waals surface area (Å²) in [6.45, 7) is -0.116. The summed E-state index contributed by atoms with van der Waals surface area (Å²) < 4.78 is 39.7. The topological polar surface area (TPSA) is 75.3 Å².